The molecule has 68 valence electrons. The van der Waals surface area contributed by atoms with Crippen LogP contribution in [0.5, 0.6) is 0 Å². The molecule has 1 unspecified atom stereocenters. The molecule has 0 saturated heterocycles. The van der Waals surface area contributed by atoms with Crippen molar-refractivity contribution in [2.24, 2.45) is 5.92 Å². The molecule has 1 nitrogen and oxygen atoms in total. The lowest BCUT2D eigenvalue weighted by molar-refractivity contribution is 0.0918. The van der Waals surface area contributed by atoms with Gasteiger partial charge in [-0.25, -0.2) is 0 Å². The average molecular weight is 231 g/mol. The van der Waals surface area contributed by atoms with Gasteiger partial charge in [0.2, 0.25) is 0 Å². The summed E-state index contributed by atoms with van der Waals surface area (Å²) in [4.78, 5) is 0. The Bertz CT molecular complexity index is 208. The molecule has 2 atom stereocenters. The molecule has 0 bridgehead atoms. The second-order valence-corrected chi connectivity index (χ2v) is 4.27. The quantitative estimate of drug-likeness (QED) is 0.674. The summed E-state index contributed by atoms with van der Waals surface area (Å²) in [7, 11) is 0. The van der Waals surface area contributed by atoms with Crippen molar-refractivity contribution in [2.75, 3.05) is 0 Å². The first-order valence-electron chi connectivity index (χ1n) is 4.31. The molecule has 0 spiro atoms. The molecule has 1 aliphatic carbocycles. The zero-order valence-corrected chi connectivity index (χ0v) is 9.23. The van der Waals surface area contributed by atoms with Crippen molar-refractivity contribution in [2.45, 2.75) is 32.8 Å². The molecule has 0 fully saturated rings. The average Bonchev–Trinajstić information content (AvgIpc) is 2.29. The van der Waals surface area contributed by atoms with Gasteiger partial charge in [0, 0.05) is 12.3 Å². The van der Waals surface area contributed by atoms with Gasteiger partial charge in [0.25, 0.3) is 0 Å². The molecule has 12 heavy (non-hydrogen) atoms. The Morgan fingerprint density at radius 1 is 1.83 bits per heavy atom. The zero-order chi connectivity index (χ0) is 9.14. The molecule has 0 heterocycles. The zero-order valence-electron chi connectivity index (χ0n) is 7.64. The van der Waals surface area contributed by atoms with Crippen LogP contribution in [0.1, 0.15) is 26.7 Å². The summed E-state index contributed by atoms with van der Waals surface area (Å²) in [6.07, 6.45) is 4.67. The number of hydrogen-bond donors (Lipinski definition) is 0. The van der Waals surface area contributed by atoms with Crippen LogP contribution in [0.15, 0.2) is 22.9 Å². The van der Waals surface area contributed by atoms with E-state index in [0.717, 1.165) is 18.6 Å². The lowest BCUT2D eigenvalue weighted by atomic mass is 10.0. The van der Waals surface area contributed by atoms with Crippen LogP contribution in [0, 0.1) is 5.92 Å². The van der Waals surface area contributed by atoms with Gasteiger partial charge in [-0.05, 0) is 17.8 Å². The molecule has 0 saturated carbocycles. The van der Waals surface area contributed by atoms with Gasteiger partial charge in [-0.3, -0.25) is 0 Å². The minimum atomic E-state index is 0.307. The molecule has 0 amide bonds. The van der Waals surface area contributed by atoms with Gasteiger partial charge in [-0.15, -0.1) is 0 Å². The summed E-state index contributed by atoms with van der Waals surface area (Å²) in [5.74, 6) is 1.37. The molecule has 1 aliphatic rings. The second-order valence-electron chi connectivity index (χ2n) is 3.25. The van der Waals surface area contributed by atoms with Crippen molar-refractivity contribution in [1.29, 1.82) is 0 Å². The van der Waals surface area contributed by atoms with E-state index in [1.165, 1.54) is 4.48 Å². The Morgan fingerprint density at radius 2 is 2.50 bits per heavy atom. The van der Waals surface area contributed by atoms with Crippen molar-refractivity contribution in [3.8, 4) is 0 Å². The van der Waals surface area contributed by atoms with E-state index >= 15 is 0 Å². The fraction of sp³-hybridized carbons (Fsp3) is 0.600. The van der Waals surface area contributed by atoms with E-state index in [9.17, 15) is 0 Å². The van der Waals surface area contributed by atoms with Crippen molar-refractivity contribution in [3.63, 3.8) is 0 Å². The molecular weight excluding hydrogens is 216 g/mol. The third-order valence-corrected chi connectivity index (χ3v) is 2.68. The minimum Gasteiger partial charge on any atom is -0.495 e. The van der Waals surface area contributed by atoms with E-state index in [0.29, 0.717) is 12.0 Å². The van der Waals surface area contributed by atoms with Crippen LogP contribution in [0.3, 0.4) is 0 Å². The molecule has 0 aliphatic heterocycles. The van der Waals surface area contributed by atoms with Gasteiger partial charge in [0.15, 0.2) is 0 Å². The Balaban J connectivity index is 2.52. The highest BCUT2D eigenvalue weighted by Gasteiger charge is 2.26. The maximum absolute atomic E-state index is 5.61. The van der Waals surface area contributed by atoms with Crippen molar-refractivity contribution >= 4 is 15.9 Å². The van der Waals surface area contributed by atoms with Gasteiger partial charge in [0.1, 0.15) is 6.10 Å². The summed E-state index contributed by atoms with van der Waals surface area (Å²) in [6, 6.07) is 0. The highest BCUT2D eigenvalue weighted by Crippen LogP contribution is 2.33. The van der Waals surface area contributed by atoms with Crippen LogP contribution < -0.4 is 0 Å². The first-order chi connectivity index (χ1) is 5.63. The van der Waals surface area contributed by atoms with Crippen molar-refractivity contribution < 1.29 is 4.74 Å². The topological polar surface area (TPSA) is 9.23 Å². The van der Waals surface area contributed by atoms with Crippen LogP contribution in [0.4, 0.5) is 0 Å². The molecule has 0 N–H and O–H groups in total. The number of halogens is 1. The number of hydrogen-bond acceptors (Lipinski definition) is 1. The second kappa shape index (κ2) is 4.13. The Kier molecular flexibility index (Phi) is 3.39. The van der Waals surface area contributed by atoms with Crippen LogP contribution in [-0.2, 0) is 4.74 Å². The third-order valence-electron chi connectivity index (χ3n) is 2.09. The molecule has 0 radical (unpaired) electrons. The molecule has 1 rings (SSSR count). The molecule has 0 aromatic heterocycles. The highest BCUT2D eigenvalue weighted by atomic mass is 79.9. The smallest absolute Gasteiger partial charge is 0.109 e. The number of ether oxygens (including phenoxy) is 1. The molecule has 0 aromatic carbocycles. The Labute approximate surface area is 82.6 Å². The summed E-state index contributed by atoms with van der Waals surface area (Å²) in [5, 5.41) is 0. The highest BCUT2D eigenvalue weighted by molar-refractivity contribution is 9.11. The fourth-order valence-corrected chi connectivity index (χ4v) is 2.18. The summed E-state index contributed by atoms with van der Waals surface area (Å²) in [6.45, 7) is 7.84. The van der Waals surface area contributed by atoms with Gasteiger partial charge in [0.05, 0.1) is 5.76 Å². The van der Waals surface area contributed by atoms with Gasteiger partial charge < -0.3 is 4.74 Å². The van der Waals surface area contributed by atoms with E-state index in [4.69, 9.17) is 4.74 Å². The van der Waals surface area contributed by atoms with Crippen LogP contribution in [-0.4, -0.2) is 6.10 Å². The minimum absolute atomic E-state index is 0.307. The van der Waals surface area contributed by atoms with E-state index < -0.39 is 0 Å². The molecular formula is C10H15BrO. The van der Waals surface area contributed by atoms with Crippen LogP contribution in [0.2, 0.25) is 0 Å². The molecule has 2 heteroatoms. The predicted octanol–water partition coefficient (Wildman–Crippen LogP) is 3.61. The van der Waals surface area contributed by atoms with Crippen molar-refractivity contribution in [3.05, 3.63) is 22.9 Å². The maximum Gasteiger partial charge on any atom is 0.109 e. The van der Waals surface area contributed by atoms with E-state index in [1.807, 2.05) is 6.92 Å². The first kappa shape index (κ1) is 9.85. The van der Waals surface area contributed by atoms with Gasteiger partial charge >= 0.3 is 0 Å². The lowest BCUT2D eigenvalue weighted by Crippen LogP contribution is -2.16. The van der Waals surface area contributed by atoms with Crippen LogP contribution >= 0.6 is 15.9 Å². The summed E-state index contributed by atoms with van der Waals surface area (Å²) >= 11 is 3.50. The summed E-state index contributed by atoms with van der Waals surface area (Å²) < 4.78 is 6.87. The van der Waals surface area contributed by atoms with Crippen molar-refractivity contribution in [1.82, 2.24) is 0 Å². The number of allylic oxidation sites excluding steroid dienone is 1. The number of rotatable bonds is 3. The largest absolute Gasteiger partial charge is 0.495 e. The normalized spacial score (nSPS) is 28.4. The Hall–Kier alpha value is -0.240. The maximum atomic E-state index is 5.61. The van der Waals surface area contributed by atoms with E-state index in [-0.39, 0.29) is 0 Å². The third kappa shape index (κ3) is 2.37. The lowest BCUT2D eigenvalue weighted by Gasteiger charge is -2.19. The summed E-state index contributed by atoms with van der Waals surface area (Å²) in [5.41, 5.74) is 0. The van der Waals surface area contributed by atoms with Crippen LogP contribution in [0.25, 0.3) is 0 Å². The Morgan fingerprint density at radius 3 is 3.00 bits per heavy atom. The SMILES string of the molecule is C=C(C)O[C@@H]1CC(Br)=CC1CC. The first-order valence-corrected chi connectivity index (χ1v) is 5.11. The van der Waals surface area contributed by atoms with E-state index in [2.05, 4.69) is 35.5 Å². The van der Waals surface area contributed by atoms with E-state index in [1.54, 1.807) is 0 Å². The van der Waals surface area contributed by atoms with Gasteiger partial charge in [-0.1, -0.05) is 35.5 Å². The standard InChI is InChI=1S/C10H15BrO/c1-4-8-5-9(11)6-10(8)12-7(2)3/h5,8,10H,2,4,6H2,1,3H3/t8?,10-/m1/s1. The monoisotopic (exact) mass is 230 g/mol. The predicted molar refractivity (Wildman–Crippen MR) is 55.1 cm³/mol. The fourth-order valence-electron chi connectivity index (χ4n) is 1.52. The van der Waals surface area contributed by atoms with Gasteiger partial charge in [-0.2, -0.15) is 0 Å². The molecule has 0 aromatic rings.